The van der Waals surface area contributed by atoms with E-state index in [1.807, 2.05) is 30.3 Å². The van der Waals surface area contributed by atoms with Crippen LogP contribution in [0.4, 0.5) is 19.4 Å². The molecule has 8 nitrogen and oxygen atoms in total. The second kappa shape index (κ2) is 10.5. The maximum atomic E-state index is 14.0. The van der Waals surface area contributed by atoms with Crippen LogP contribution in [-0.4, -0.2) is 64.3 Å². The van der Waals surface area contributed by atoms with Gasteiger partial charge in [0.05, 0.1) is 35.5 Å². The summed E-state index contributed by atoms with van der Waals surface area (Å²) < 4.78 is 47.0. The van der Waals surface area contributed by atoms with Crippen LogP contribution in [0.2, 0.25) is 0 Å². The number of likely N-dealkylation sites (tertiary alicyclic amines) is 1. The summed E-state index contributed by atoms with van der Waals surface area (Å²) in [5, 5.41) is 10.5. The predicted octanol–water partition coefficient (Wildman–Crippen LogP) is 3.15. The fourth-order valence-electron chi connectivity index (χ4n) is 4.89. The number of fused-ring (bicyclic) bond motifs is 1. The van der Waals surface area contributed by atoms with Crippen molar-refractivity contribution in [1.82, 2.24) is 20.0 Å². The molecule has 2 amide bonds. The highest BCUT2D eigenvalue weighted by atomic mass is 32.2. The van der Waals surface area contributed by atoms with Crippen molar-refractivity contribution in [2.24, 2.45) is 0 Å². The van der Waals surface area contributed by atoms with Crippen molar-refractivity contribution in [2.45, 2.75) is 23.5 Å². The smallest absolute Gasteiger partial charge is 0.320 e. The Labute approximate surface area is 210 Å². The van der Waals surface area contributed by atoms with Crippen LogP contribution in [-0.2, 0) is 27.0 Å². The minimum atomic E-state index is -1.06. The highest BCUT2D eigenvalue weighted by molar-refractivity contribution is 7.83. The van der Waals surface area contributed by atoms with Crippen molar-refractivity contribution in [3.05, 3.63) is 77.0 Å². The van der Waals surface area contributed by atoms with E-state index in [-0.39, 0.29) is 5.92 Å². The molecule has 0 aliphatic carbocycles. The summed E-state index contributed by atoms with van der Waals surface area (Å²) >= 11 is 0. The van der Waals surface area contributed by atoms with Gasteiger partial charge in [-0.15, -0.1) is 0 Å². The highest BCUT2D eigenvalue weighted by Crippen LogP contribution is 2.32. The summed E-state index contributed by atoms with van der Waals surface area (Å²) in [7, 11) is 0.549. The Balaban J connectivity index is 1.39. The number of carbonyl (C=O) groups excluding carboxylic acids is 1. The van der Waals surface area contributed by atoms with Gasteiger partial charge >= 0.3 is 6.03 Å². The van der Waals surface area contributed by atoms with Gasteiger partial charge in [0.15, 0.2) is 0 Å². The molecular weight excluding hydrogens is 488 g/mol. The lowest BCUT2D eigenvalue weighted by Gasteiger charge is -2.21. The van der Waals surface area contributed by atoms with Crippen LogP contribution in [0.1, 0.15) is 22.7 Å². The molecule has 0 radical (unpaired) electrons. The minimum absolute atomic E-state index is 0.310. The van der Waals surface area contributed by atoms with Gasteiger partial charge in [0.25, 0.3) is 0 Å². The number of nitrogens with one attached hydrogen (secondary N) is 2. The lowest BCUT2D eigenvalue weighted by atomic mass is 9.94. The summed E-state index contributed by atoms with van der Waals surface area (Å²) in [5.74, 6) is -0.484. The molecule has 3 aromatic rings. The van der Waals surface area contributed by atoms with E-state index in [4.69, 9.17) is 4.74 Å². The number of amides is 2. The van der Waals surface area contributed by atoms with Crippen LogP contribution in [0.25, 0.3) is 5.69 Å². The molecule has 2 aliphatic rings. The Bertz CT molecular complexity index is 1270. The number of rotatable bonds is 7. The van der Waals surface area contributed by atoms with E-state index in [0.29, 0.717) is 54.8 Å². The van der Waals surface area contributed by atoms with Gasteiger partial charge in [0.1, 0.15) is 17.5 Å². The van der Waals surface area contributed by atoms with Crippen molar-refractivity contribution >= 4 is 22.6 Å². The van der Waals surface area contributed by atoms with Gasteiger partial charge in [-0.2, -0.15) is 5.10 Å². The molecule has 3 atom stereocenters. The zero-order chi connectivity index (χ0) is 25.2. The molecule has 1 aromatic heterocycles. The average molecular weight is 516 g/mol. The van der Waals surface area contributed by atoms with Crippen LogP contribution in [0.3, 0.4) is 0 Å². The quantitative estimate of drug-likeness (QED) is 0.505. The third-order valence-corrected chi connectivity index (χ3v) is 7.75. The molecule has 11 heteroatoms. The summed E-state index contributed by atoms with van der Waals surface area (Å²) in [5.41, 5.74) is 2.72. The third kappa shape index (κ3) is 5.18. The molecule has 3 heterocycles. The normalized spacial score (nSPS) is 21.5. The summed E-state index contributed by atoms with van der Waals surface area (Å²) in [6, 6.07) is 12.0. The van der Waals surface area contributed by atoms with E-state index in [1.165, 1.54) is 12.1 Å². The van der Waals surface area contributed by atoms with Crippen molar-refractivity contribution in [3.8, 4) is 5.69 Å². The Kier molecular flexibility index (Phi) is 7.13. The molecule has 2 aliphatic heterocycles. The Morgan fingerprint density at radius 3 is 2.61 bits per heavy atom. The number of hydrogen-bond donors (Lipinski definition) is 2. The van der Waals surface area contributed by atoms with Crippen molar-refractivity contribution in [2.75, 3.05) is 38.7 Å². The fourth-order valence-corrected chi connectivity index (χ4v) is 6.15. The second-order valence-corrected chi connectivity index (χ2v) is 10.5. The van der Waals surface area contributed by atoms with E-state index in [0.717, 1.165) is 17.3 Å². The molecule has 36 heavy (non-hydrogen) atoms. The van der Waals surface area contributed by atoms with Gasteiger partial charge in [-0.3, -0.25) is 14.4 Å². The van der Waals surface area contributed by atoms with Crippen LogP contribution in [0.15, 0.2) is 48.5 Å². The molecule has 190 valence electrons. The minimum Gasteiger partial charge on any atom is -0.383 e. The monoisotopic (exact) mass is 515 g/mol. The number of urea groups is 1. The van der Waals surface area contributed by atoms with E-state index >= 15 is 0 Å². The first-order valence-electron chi connectivity index (χ1n) is 11.7. The number of benzene rings is 2. The average Bonchev–Trinajstić information content (AvgIpc) is 3.51. The maximum Gasteiger partial charge on any atom is 0.320 e. The van der Waals surface area contributed by atoms with E-state index in [2.05, 4.69) is 20.6 Å². The molecule has 2 aromatic carbocycles. The van der Waals surface area contributed by atoms with Gasteiger partial charge in [-0.1, -0.05) is 18.2 Å². The lowest BCUT2D eigenvalue weighted by molar-refractivity contribution is 0.159. The first kappa shape index (κ1) is 24.5. The number of methoxy groups -OCH3 is 1. The van der Waals surface area contributed by atoms with Crippen molar-refractivity contribution < 1.29 is 22.5 Å². The molecule has 1 saturated heterocycles. The summed E-state index contributed by atoms with van der Waals surface area (Å²) in [6.07, 6.45) is 0. The molecule has 0 bridgehead atoms. The third-order valence-electron chi connectivity index (χ3n) is 6.54. The highest BCUT2D eigenvalue weighted by Gasteiger charge is 2.36. The van der Waals surface area contributed by atoms with Crippen LogP contribution >= 0.6 is 0 Å². The number of hydrogen-bond acceptors (Lipinski definition) is 5. The van der Waals surface area contributed by atoms with Crippen LogP contribution in [0, 0.1) is 11.6 Å². The zero-order valence-corrected chi connectivity index (χ0v) is 20.6. The number of anilines is 1. The summed E-state index contributed by atoms with van der Waals surface area (Å²) in [4.78, 5) is 15.3. The number of ether oxygens (including phenoxy) is 1. The molecule has 5 rings (SSSR count). The molecule has 2 N–H and O–H groups in total. The van der Waals surface area contributed by atoms with E-state index in [1.54, 1.807) is 11.8 Å². The predicted molar refractivity (Wildman–Crippen MR) is 132 cm³/mol. The fraction of sp³-hybridized carbons (Fsp3) is 0.360. The molecular formula is C25H27F2N5O3S. The molecule has 0 spiro atoms. The number of para-hydroxylation sites is 1. The largest absolute Gasteiger partial charge is 0.383 e. The Morgan fingerprint density at radius 2 is 1.89 bits per heavy atom. The van der Waals surface area contributed by atoms with Crippen molar-refractivity contribution in [3.63, 3.8) is 0 Å². The molecule has 1 unspecified atom stereocenters. The van der Waals surface area contributed by atoms with E-state index in [9.17, 15) is 17.8 Å². The van der Waals surface area contributed by atoms with Gasteiger partial charge in [-0.25, -0.2) is 18.3 Å². The standard InChI is InChI=1S/C25H27F2N5O3S/c1-35-8-7-31-12-20(16-9-17(26)11-18(27)10-16)22(13-31)28-25(33)29-24-21-14-36(34)15-23(21)30-32(24)19-5-3-2-4-6-19/h2-6,9-11,20,22H,7-8,12-15H2,1H3,(H2,28,29,33)/t20-,22+,36?/m0/s1. The topological polar surface area (TPSA) is 88.5 Å². The number of nitrogens with zero attached hydrogens (tertiary/aromatic N) is 3. The molecule has 0 saturated carbocycles. The summed E-state index contributed by atoms with van der Waals surface area (Å²) in [6.45, 7) is 2.15. The Morgan fingerprint density at radius 1 is 1.14 bits per heavy atom. The first-order chi connectivity index (χ1) is 17.4. The van der Waals surface area contributed by atoms with Crippen LogP contribution < -0.4 is 10.6 Å². The Hall–Kier alpha value is -3.15. The van der Waals surface area contributed by atoms with Gasteiger partial charge in [-0.05, 0) is 29.8 Å². The van der Waals surface area contributed by atoms with E-state index < -0.39 is 34.5 Å². The van der Waals surface area contributed by atoms with Gasteiger partial charge in [0, 0.05) is 55.1 Å². The van der Waals surface area contributed by atoms with Crippen molar-refractivity contribution in [1.29, 1.82) is 0 Å². The number of aromatic nitrogens is 2. The lowest BCUT2D eigenvalue weighted by Crippen LogP contribution is -2.42. The zero-order valence-electron chi connectivity index (χ0n) is 19.7. The molecule has 1 fully saturated rings. The second-order valence-electron chi connectivity index (χ2n) is 9.02. The first-order valence-corrected chi connectivity index (χ1v) is 13.2. The van der Waals surface area contributed by atoms with Gasteiger partial charge < -0.3 is 10.1 Å². The van der Waals surface area contributed by atoms with Crippen LogP contribution in [0.5, 0.6) is 0 Å². The van der Waals surface area contributed by atoms with Gasteiger partial charge in [0.2, 0.25) is 0 Å². The maximum absolute atomic E-state index is 14.0. The number of halogens is 2. The SMILES string of the molecule is COCCN1C[C@@H](NC(=O)Nc2c3c(nn2-c2ccccc2)CS(=O)C3)[C@H](c2cc(F)cc(F)c2)C1. The number of carbonyl (C=O) groups is 1.